The van der Waals surface area contributed by atoms with E-state index < -0.39 is 10.4 Å². The van der Waals surface area contributed by atoms with E-state index in [2.05, 4.69) is 4.18 Å². The maximum atomic E-state index is 9.89. The fourth-order valence-corrected chi connectivity index (χ4v) is 1.01. The Morgan fingerprint density at radius 3 is 2.15 bits per heavy atom. The van der Waals surface area contributed by atoms with E-state index in [0.29, 0.717) is 6.42 Å². The Hall–Kier alpha value is 0.830. The van der Waals surface area contributed by atoms with Crippen molar-refractivity contribution in [3.05, 3.63) is 0 Å². The Bertz CT molecular complexity index is 179. The van der Waals surface area contributed by atoms with E-state index in [1.165, 1.54) is 0 Å². The molecule has 0 rings (SSSR count). The number of hydrogen-bond donors (Lipinski definition) is 0. The van der Waals surface area contributed by atoms with Crippen molar-refractivity contribution in [2.75, 3.05) is 6.61 Å². The largest absolute Gasteiger partial charge is 1.00 e. The van der Waals surface area contributed by atoms with Gasteiger partial charge in [0.05, 0.1) is 6.61 Å². The van der Waals surface area contributed by atoms with Crippen molar-refractivity contribution >= 4 is 10.4 Å². The van der Waals surface area contributed by atoms with Crippen LogP contribution < -0.4 is 29.6 Å². The first kappa shape index (κ1) is 19.4. The fourth-order valence-electron chi connectivity index (χ4n) is 0.690. The smallest absolute Gasteiger partial charge is 0.726 e. The Morgan fingerprint density at radius 1 is 1.23 bits per heavy atom. The molecule has 0 aliphatic rings. The quantitative estimate of drug-likeness (QED) is 0.210. The van der Waals surface area contributed by atoms with Crippen molar-refractivity contribution in [2.45, 2.75) is 32.6 Å². The molecule has 0 unspecified atom stereocenters. The molecule has 0 heterocycles. The van der Waals surface area contributed by atoms with Crippen LogP contribution in [0.4, 0.5) is 0 Å². The molecular formula is C6H15NaO5S. The molecule has 0 fully saturated rings. The first-order valence-electron chi connectivity index (χ1n) is 3.66. The second kappa shape index (κ2) is 10.9. The van der Waals surface area contributed by atoms with Gasteiger partial charge in [0, 0.05) is 0 Å². The molecule has 0 aromatic heterocycles. The third kappa shape index (κ3) is 19.3. The summed E-state index contributed by atoms with van der Waals surface area (Å²) in [6, 6.07) is 0. The van der Waals surface area contributed by atoms with Gasteiger partial charge in [-0.05, 0) is 6.42 Å². The summed E-state index contributed by atoms with van der Waals surface area (Å²) in [6.07, 6.45) is 3.66. The zero-order valence-electron chi connectivity index (χ0n) is 8.08. The predicted octanol–water partition coefficient (Wildman–Crippen LogP) is -2.78. The molecule has 0 saturated heterocycles. The van der Waals surface area contributed by atoms with Gasteiger partial charge in [0.25, 0.3) is 0 Å². The first-order valence-corrected chi connectivity index (χ1v) is 5.00. The molecule has 76 valence electrons. The molecule has 0 aromatic carbocycles. The summed E-state index contributed by atoms with van der Waals surface area (Å²) in [4.78, 5) is 0. The van der Waals surface area contributed by atoms with Gasteiger partial charge in [0.1, 0.15) is 0 Å². The Labute approximate surface area is 101 Å². The third-order valence-corrected chi connectivity index (χ3v) is 1.68. The van der Waals surface area contributed by atoms with Crippen molar-refractivity contribution in [2.24, 2.45) is 0 Å². The van der Waals surface area contributed by atoms with Crippen LogP contribution in [0.5, 0.6) is 0 Å². The summed E-state index contributed by atoms with van der Waals surface area (Å²) in [7, 11) is -4.46. The van der Waals surface area contributed by atoms with E-state index >= 15 is 0 Å². The van der Waals surface area contributed by atoms with Crippen molar-refractivity contribution in [1.29, 1.82) is 0 Å². The topological polar surface area (TPSA) is 97.9 Å². The molecule has 0 bridgehead atoms. The van der Waals surface area contributed by atoms with Crippen LogP contribution in [-0.4, -0.2) is 25.1 Å². The normalized spacial score (nSPS) is 10.0. The average molecular weight is 222 g/mol. The van der Waals surface area contributed by atoms with Crippen LogP contribution >= 0.6 is 0 Å². The molecule has 0 aromatic rings. The van der Waals surface area contributed by atoms with Gasteiger partial charge >= 0.3 is 29.6 Å². The predicted molar refractivity (Wildman–Crippen MR) is 43.4 cm³/mol. The fraction of sp³-hybridized carbons (Fsp3) is 1.00. The second-order valence-corrected chi connectivity index (χ2v) is 3.34. The van der Waals surface area contributed by atoms with Crippen molar-refractivity contribution in [3.8, 4) is 0 Å². The minimum Gasteiger partial charge on any atom is -0.726 e. The van der Waals surface area contributed by atoms with E-state index in [1.54, 1.807) is 0 Å². The van der Waals surface area contributed by atoms with Gasteiger partial charge in [-0.2, -0.15) is 0 Å². The molecule has 0 amide bonds. The van der Waals surface area contributed by atoms with Gasteiger partial charge in [-0.1, -0.05) is 26.2 Å². The molecule has 0 radical (unpaired) electrons. The van der Waals surface area contributed by atoms with Crippen LogP contribution in [0.25, 0.3) is 0 Å². The molecular weight excluding hydrogens is 207 g/mol. The third-order valence-electron chi connectivity index (χ3n) is 1.23. The summed E-state index contributed by atoms with van der Waals surface area (Å²) >= 11 is 0. The second-order valence-electron chi connectivity index (χ2n) is 2.29. The standard InChI is InChI=1S/C6H14O4S.Na.H2O/c1-2-3-4-5-6-10-11(7,8)9;;/h2-6H2,1H3,(H,7,8,9);;1H2/q;+1;/p-1. The first-order chi connectivity index (χ1) is 5.06. The van der Waals surface area contributed by atoms with E-state index in [-0.39, 0.29) is 41.6 Å². The van der Waals surface area contributed by atoms with Crippen molar-refractivity contribution in [1.82, 2.24) is 0 Å². The molecule has 0 saturated carbocycles. The van der Waals surface area contributed by atoms with E-state index in [9.17, 15) is 13.0 Å². The SMILES string of the molecule is CCCCCCOS(=O)(=O)[O-].O.[Na+]. The van der Waals surface area contributed by atoms with Gasteiger partial charge < -0.3 is 10.0 Å². The van der Waals surface area contributed by atoms with Gasteiger partial charge in [0.15, 0.2) is 0 Å². The summed E-state index contributed by atoms with van der Waals surface area (Å²) in [5.74, 6) is 0. The van der Waals surface area contributed by atoms with Crippen LogP contribution in [0.15, 0.2) is 0 Å². The summed E-state index contributed by atoms with van der Waals surface area (Å²) in [6.45, 7) is 2.07. The maximum absolute atomic E-state index is 9.89. The molecule has 7 heteroatoms. The van der Waals surface area contributed by atoms with Crippen molar-refractivity contribution < 1.29 is 52.2 Å². The van der Waals surface area contributed by atoms with Crippen molar-refractivity contribution in [3.63, 3.8) is 0 Å². The van der Waals surface area contributed by atoms with Crippen LogP contribution in [-0.2, 0) is 14.6 Å². The van der Waals surface area contributed by atoms with E-state index in [4.69, 9.17) is 0 Å². The molecule has 0 spiro atoms. The molecule has 0 atom stereocenters. The van der Waals surface area contributed by atoms with Gasteiger partial charge in [-0.25, -0.2) is 8.42 Å². The molecule has 2 N–H and O–H groups in total. The van der Waals surface area contributed by atoms with Gasteiger partial charge in [-0.15, -0.1) is 0 Å². The van der Waals surface area contributed by atoms with E-state index in [1.807, 2.05) is 6.92 Å². The van der Waals surface area contributed by atoms with Gasteiger partial charge in [-0.3, -0.25) is 4.18 Å². The molecule has 0 aliphatic carbocycles. The summed E-state index contributed by atoms with van der Waals surface area (Å²) in [5.41, 5.74) is 0. The van der Waals surface area contributed by atoms with Gasteiger partial charge in [0.2, 0.25) is 10.4 Å². The number of rotatable bonds is 6. The number of hydrogen-bond acceptors (Lipinski definition) is 4. The Balaban J connectivity index is -0.000000500. The summed E-state index contributed by atoms with van der Waals surface area (Å²) < 4.78 is 33.7. The van der Waals surface area contributed by atoms with Crippen LogP contribution in [0.3, 0.4) is 0 Å². The van der Waals surface area contributed by atoms with E-state index in [0.717, 1.165) is 19.3 Å². The van der Waals surface area contributed by atoms with Crippen LogP contribution in [0.2, 0.25) is 0 Å². The minimum absolute atomic E-state index is 0. The minimum atomic E-state index is -4.46. The maximum Gasteiger partial charge on any atom is 1.00 e. The number of unbranched alkanes of at least 4 members (excludes halogenated alkanes) is 3. The zero-order valence-corrected chi connectivity index (χ0v) is 10.9. The molecule has 0 aliphatic heterocycles. The van der Waals surface area contributed by atoms with Crippen LogP contribution in [0.1, 0.15) is 32.6 Å². The average Bonchev–Trinajstić information content (AvgIpc) is 1.85. The molecule has 5 nitrogen and oxygen atoms in total. The summed E-state index contributed by atoms with van der Waals surface area (Å²) in [5, 5.41) is 0. The van der Waals surface area contributed by atoms with Crippen LogP contribution in [0, 0.1) is 0 Å². The zero-order chi connectivity index (χ0) is 8.74. The monoisotopic (exact) mass is 222 g/mol. The Kier molecular flexibility index (Phi) is 16.3. The molecule has 13 heavy (non-hydrogen) atoms. The Morgan fingerprint density at radius 2 is 1.77 bits per heavy atom.